The number of aromatic nitrogens is 1. The minimum atomic E-state index is 0.805. The lowest BCUT2D eigenvalue weighted by atomic mass is 10.0. The monoisotopic (exact) mass is 332 g/mol. The molecule has 0 radical (unpaired) electrons. The van der Waals surface area contributed by atoms with Gasteiger partial charge in [-0.2, -0.15) is 0 Å². The summed E-state index contributed by atoms with van der Waals surface area (Å²) >= 11 is 0. The first-order valence-corrected chi connectivity index (χ1v) is 9.07. The van der Waals surface area contributed by atoms with Crippen molar-refractivity contribution in [2.45, 2.75) is 46.0 Å². The van der Waals surface area contributed by atoms with E-state index in [1.54, 1.807) is 0 Å². The van der Waals surface area contributed by atoms with Crippen LogP contribution in [0.25, 0.3) is 10.9 Å². The number of hydrogen-bond acceptors (Lipinski definition) is 3. The van der Waals surface area contributed by atoms with Gasteiger partial charge in [0.2, 0.25) is 0 Å². The zero-order valence-corrected chi connectivity index (χ0v) is 14.9. The Bertz CT molecular complexity index is 926. The van der Waals surface area contributed by atoms with Crippen LogP contribution in [0, 0.1) is 13.8 Å². The van der Waals surface area contributed by atoms with E-state index in [1.807, 2.05) is 18.2 Å². The van der Waals surface area contributed by atoms with Crippen molar-refractivity contribution in [1.82, 2.24) is 4.98 Å². The molecule has 128 valence electrons. The van der Waals surface area contributed by atoms with Crippen molar-refractivity contribution >= 4 is 16.6 Å². The fraction of sp³-hybridized carbons (Fsp3) is 0.318. The van der Waals surface area contributed by atoms with Gasteiger partial charge in [-0.05, 0) is 86.6 Å². The third kappa shape index (κ3) is 3.19. The lowest BCUT2D eigenvalue weighted by Gasteiger charge is -2.14. The second-order valence-electron chi connectivity index (χ2n) is 7.12. The lowest BCUT2D eigenvalue weighted by molar-refractivity contribution is 0.482. The highest BCUT2D eigenvalue weighted by molar-refractivity contribution is 5.93. The summed E-state index contributed by atoms with van der Waals surface area (Å²) in [7, 11) is 0. The SMILES string of the molecule is Cc1cc(C)cc(Oc2ccc3nc4c(c(N)c3c2)CCCCC4)c1. The van der Waals surface area contributed by atoms with E-state index in [0.717, 1.165) is 40.9 Å². The zero-order valence-electron chi connectivity index (χ0n) is 14.9. The number of rotatable bonds is 2. The van der Waals surface area contributed by atoms with Crippen molar-refractivity contribution in [1.29, 1.82) is 0 Å². The molecule has 1 heterocycles. The molecule has 2 aromatic carbocycles. The van der Waals surface area contributed by atoms with Gasteiger partial charge in [0.05, 0.1) is 5.52 Å². The Morgan fingerprint density at radius 3 is 2.44 bits per heavy atom. The van der Waals surface area contributed by atoms with E-state index in [-0.39, 0.29) is 0 Å². The molecule has 1 aromatic heterocycles. The highest BCUT2D eigenvalue weighted by atomic mass is 16.5. The van der Waals surface area contributed by atoms with E-state index in [1.165, 1.54) is 41.6 Å². The molecule has 0 unspecified atom stereocenters. The van der Waals surface area contributed by atoms with Gasteiger partial charge in [0.1, 0.15) is 11.5 Å². The van der Waals surface area contributed by atoms with E-state index in [4.69, 9.17) is 15.5 Å². The van der Waals surface area contributed by atoms with Gasteiger partial charge in [0, 0.05) is 16.8 Å². The Morgan fingerprint density at radius 1 is 0.880 bits per heavy atom. The summed E-state index contributed by atoms with van der Waals surface area (Å²) in [4.78, 5) is 4.88. The number of nitrogens with zero attached hydrogens (tertiary/aromatic N) is 1. The number of fused-ring (bicyclic) bond motifs is 2. The van der Waals surface area contributed by atoms with Crippen LogP contribution in [0.3, 0.4) is 0 Å². The Kier molecular flexibility index (Phi) is 4.08. The molecule has 0 spiro atoms. The second-order valence-corrected chi connectivity index (χ2v) is 7.12. The predicted octanol–water partition coefficient (Wildman–Crippen LogP) is 5.50. The molecule has 0 saturated carbocycles. The van der Waals surface area contributed by atoms with Crippen LogP contribution in [0.15, 0.2) is 36.4 Å². The van der Waals surface area contributed by atoms with E-state index in [0.29, 0.717) is 0 Å². The molecule has 3 nitrogen and oxygen atoms in total. The average Bonchev–Trinajstić information content (AvgIpc) is 2.80. The summed E-state index contributed by atoms with van der Waals surface area (Å²) in [5.41, 5.74) is 13.2. The van der Waals surface area contributed by atoms with E-state index < -0.39 is 0 Å². The molecular formula is C22H24N2O. The average molecular weight is 332 g/mol. The smallest absolute Gasteiger partial charge is 0.128 e. The Morgan fingerprint density at radius 2 is 1.64 bits per heavy atom. The molecule has 1 aliphatic rings. The van der Waals surface area contributed by atoms with Crippen molar-refractivity contribution in [3.8, 4) is 11.5 Å². The number of ether oxygens (including phenoxy) is 1. The second kappa shape index (κ2) is 6.40. The fourth-order valence-corrected chi connectivity index (χ4v) is 3.81. The largest absolute Gasteiger partial charge is 0.457 e. The molecule has 0 amide bonds. The molecule has 0 bridgehead atoms. The van der Waals surface area contributed by atoms with Gasteiger partial charge in [-0.3, -0.25) is 4.98 Å². The van der Waals surface area contributed by atoms with Gasteiger partial charge < -0.3 is 10.5 Å². The van der Waals surface area contributed by atoms with Crippen LogP contribution in [0.5, 0.6) is 11.5 Å². The summed E-state index contributed by atoms with van der Waals surface area (Å²) in [6.07, 6.45) is 5.73. The van der Waals surface area contributed by atoms with Crippen molar-refractivity contribution in [2.24, 2.45) is 0 Å². The molecule has 0 aliphatic heterocycles. The van der Waals surface area contributed by atoms with Gasteiger partial charge in [-0.25, -0.2) is 0 Å². The van der Waals surface area contributed by atoms with Crippen LogP contribution in [0.1, 0.15) is 41.6 Å². The van der Waals surface area contributed by atoms with Crippen molar-refractivity contribution in [3.05, 3.63) is 58.8 Å². The number of hydrogen-bond donors (Lipinski definition) is 1. The Labute approximate surface area is 148 Å². The van der Waals surface area contributed by atoms with Gasteiger partial charge in [0.15, 0.2) is 0 Å². The number of nitrogen functional groups attached to an aromatic ring is 1. The normalized spacial score (nSPS) is 14.2. The molecule has 25 heavy (non-hydrogen) atoms. The third-order valence-corrected chi connectivity index (χ3v) is 4.96. The molecule has 4 rings (SSSR count). The van der Waals surface area contributed by atoms with E-state index >= 15 is 0 Å². The minimum absolute atomic E-state index is 0.805. The fourth-order valence-electron chi connectivity index (χ4n) is 3.81. The van der Waals surface area contributed by atoms with Crippen LogP contribution < -0.4 is 10.5 Å². The van der Waals surface area contributed by atoms with Gasteiger partial charge in [-0.1, -0.05) is 12.5 Å². The van der Waals surface area contributed by atoms with E-state index in [9.17, 15) is 0 Å². The first kappa shape index (κ1) is 15.9. The standard InChI is InChI=1S/C22H24N2O/c1-14-10-15(2)12-17(11-14)25-16-8-9-21-19(13-16)22(23)18-6-4-3-5-7-20(18)24-21/h8-13H,3-7H2,1-2H3,(H2,23,24). The van der Waals surface area contributed by atoms with Crippen LogP contribution in [0.4, 0.5) is 5.69 Å². The van der Waals surface area contributed by atoms with Gasteiger partial charge in [0.25, 0.3) is 0 Å². The molecule has 3 heteroatoms. The van der Waals surface area contributed by atoms with Crippen molar-refractivity contribution in [2.75, 3.05) is 5.73 Å². The zero-order chi connectivity index (χ0) is 17.4. The third-order valence-electron chi connectivity index (χ3n) is 4.96. The first-order valence-electron chi connectivity index (χ1n) is 9.07. The number of nitrogens with two attached hydrogens (primary N) is 1. The van der Waals surface area contributed by atoms with Gasteiger partial charge >= 0.3 is 0 Å². The molecule has 2 N–H and O–H groups in total. The van der Waals surface area contributed by atoms with Crippen LogP contribution in [-0.4, -0.2) is 4.98 Å². The molecule has 3 aromatic rings. The van der Waals surface area contributed by atoms with Crippen LogP contribution in [-0.2, 0) is 12.8 Å². The van der Waals surface area contributed by atoms with Crippen molar-refractivity contribution in [3.63, 3.8) is 0 Å². The topological polar surface area (TPSA) is 48.1 Å². The van der Waals surface area contributed by atoms with Crippen LogP contribution >= 0.6 is 0 Å². The molecule has 1 aliphatic carbocycles. The summed E-state index contributed by atoms with van der Waals surface area (Å²) in [6, 6.07) is 12.3. The minimum Gasteiger partial charge on any atom is -0.457 e. The summed E-state index contributed by atoms with van der Waals surface area (Å²) < 4.78 is 6.09. The molecular weight excluding hydrogens is 308 g/mol. The summed E-state index contributed by atoms with van der Waals surface area (Å²) in [6.45, 7) is 4.16. The summed E-state index contributed by atoms with van der Waals surface area (Å²) in [5.74, 6) is 1.66. The van der Waals surface area contributed by atoms with E-state index in [2.05, 4.69) is 32.0 Å². The first-order chi connectivity index (χ1) is 12.1. The molecule has 0 atom stereocenters. The number of benzene rings is 2. The van der Waals surface area contributed by atoms with Crippen LogP contribution in [0.2, 0.25) is 0 Å². The number of anilines is 1. The Hall–Kier alpha value is -2.55. The highest BCUT2D eigenvalue weighted by Gasteiger charge is 2.16. The maximum atomic E-state index is 6.52. The predicted molar refractivity (Wildman–Crippen MR) is 103 cm³/mol. The van der Waals surface area contributed by atoms with Crippen molar-refractivity contribution < 1.29 is 4.74 Å². The molecule has 0 fully saturated rings. The van der Waals surface area contributed by atoms with Gasteiger partial charge in [-0.15, -0.1) is 0 Å². The maximum absolute atomic E-state index is 6.52. The number of pyridine rings is 1. The maximum Gasteiger partial charge on any atom is 0.128 e. The highest BCUT2D eigenvalue weighted by Crippen LogP contribution is 2.34. The lowest BCUT2D eigenvalue weighted by Crippen LogP contribution is -2.03. The quantitative estimate of drug-likeness (QED) is 0.631. The number of aryl methyl sites for hydroxylation is 3. The molecule has 0 saturated heterocycles. The Balaban J connectivity index is 1.75. The summed E-state index contributed by atoms with van der Waals surface area (Å²) in [5, 5.41) is 1.00.